The van der Waals surface area contributed by atoms with Crippen molar-refractivity contribution in [1.29, 1.82) is 0 Å². The summed E-state index contributed by atoms with van der Waals surface area (Å²) < 4.78 is 1.23. The van der Waals surface area contributed by atoms with Gasteiger partial charge in [0.25, 0.3) is 0 Å². The smallest absolute Gasteiger partial charge is 0.311 e. The number of anilines is 1. The van der Waals surface area contributed by atoms with Crippen LogP contribution in [0.15, 0.2) is 29.6 Å². The monoisotopic (exact) mass is 261 g/mol. The van der Waals surface area contributed by atoms with Crippen molar-refractivity contribution in [2.45, 2.75) is 19.3 Å². The molecule has 2 N–H and O–H groups in total. The molecule has 1 aromatic heterocycles. The lowest BCUT2D eigenvalue weighted by molar-refractivity contribution is -0.153. The maximum absolute atomic E-state index is 11.3. The Morgan fingerprint density at radius 1 is 1.39 bits per heavy atom. The van der Waals surface area contributed by atoms with Gasteiger partial charge < -0.3 is 10.4 Å². The van der Waals surface area contributed by atoms with Gasteiger partial charge in [-0.2, -0.15) is 0 Å². The van der Waals surface area contributed by atoms with E-state index in [1.165, 1.54) is 10.1 Å². The minimum absolute atomic E-state index is 0.531. The first kappa shape index (κ1) is 11.5. The van der Waals surface area contributed by atoms with Crippen LogP contribution in [-0.4, -0.2) is 17.6 Å². The molecule has 18 heavy (non-hydrogen) atoms. The average molecular weight is 261 g/mol. The van der Waals surface area contributed by atoms with E-state index in [1.807, 2.05) is 12.1 Å². The lowest BCUT2D eigenvalue weighted by Gasteiger charge is -2.37. The second-order valence-electron chi connectivity index (χ2n) is 4.94. The highest BCUT2D eigenvalue weighted by molar-refractivity contribution is 7.17. The predicted octanol–water partition coefficient (Wildman–Crippen LogP) is 3.57. The molecular formula is C14H15NO2S. The molecule has 0 amide bonds. The highest BCUT2D eigenvalue weighted by Gasteiger charge is 2.44. The first-order valence-corrected chi connectivity index (χ1v) is 7.03. The van der Waals surface area contributed by atoms with Crippen LogP contribution in [0.25, 0.3) is 10.1 Å². The van der Waals surface area contributed by atoms with Gasteiger partial charge in [-0.15, -0.1) is 11.3 Å². The van der Waals surface area contributed by atoms with E-state index in [1.54, 1.807) is 11.3 Å². The first-order valence-electron chi connectivity index (χ1n) is 6.15. The van der Waals surface area contributed by atoms with Crippen LogP contribution in [0, 0.1) is 5.41 Å². The minimum Gasteiger partial charge on any atom is -0.481 e. The standard InChI is InChI=1S/C14H15NO2S/c16-13(17)14(6-3-7-14)9-15-11-8-18-12-5-2-1-4-10(11)12/h1-2,4-5,8,15H,3,6-7,9H2,(H,16,17). The average Bonchev–Trinajstić information content (AvgIpc) is 2.71. The Balaban J connectivity index is 1.79. The topological polar surface area (TPSA) is 49.3 Å². The van der Waals surface area contributed by atoms with Crippen molar-refractivity contribution in [2.24, 2.45) is 5.41 Å². The Kier molecular flexibility index (Phi) is 2.74. The van der Waals surface area contributed by atoms with E-state index >= 15 is 0 Å². The zero-order valence-corrected chi connectivity index (χ0v) is 10.8. The van der Waals surface area contributed by atoms with Crippen molar-refractivity contribution in [3.63, 3.8) is 0 Å². The second-order valence-corrected chi connectivity index (χ2v) is 5.85. The molecule has 1 aromatic carbocycles. The number of carboxylic acid groups (broad SMARTS) is 1. The number of benzene rings is 1. The Morgan fingerprint density at radius 3 is 2.83 bits per heavy atom. The maximum atomic E-state index is 11.3. The van der Waals surface area contributed by atoms with Crippen molar-refractivity contribution in [3.05, 3.63) is 29.6 Å². The number of rotatable bonds is 4. The molecule has 0 atom stereocenters. The Hall–Kier alpha value is -1.55. The zero-order valence-electron chi connectivity index (χ0n) is 9.98. The van der Waals surface area contributed by atoms with Gasteiger partial charge in [0.15, 0.2) is 0 Å². The van der Waals surface area contributed by atoms with Crippen molar-refractivity contribution < 1.29 is 9.90 Å². The van der Waals surface area contributed by atoms with E-state index in [9.17, 15) is 9.90 Å². The molecule has 1 aliphatic carbocycles. The fourth-order valence-electron chi connectivity index (χ4n) is 2.45. The molecule has 0 spiro atoms. The minimum atomic E-state index is -0.666. The molecule has 0 radical (unpaired) electrons. The highest BCUT2D eigenvalue weighted by atomic mass is 32.1. The van der Waals surface area contributed by atoms with Crippen molar-refractivity contribution in [1.82, 2.24) is 0 Å². The van der Waals surface area contributed by atoms with Crippen LogP contribution in [-0.2, 0) is 4.79 Å². The molecule has 1 heterocycles. The van der Waals surface area contributed by atoms with Gasteiger partial charge in [0.05, 0.1) is 11.1 Å². The zero-order chi connectivity index (χ0) is 12.6. The lowest BCUT2D eigenvalue weighted by atomic mass is 9.69. The molecule has 94 valence electrons. The maximum Gasteiger partial charge on any atom is 0.311 e. The number of hydrogen-bond acceptors (Lipinski definition) is 3. The number of nitrogens with one attached hydrogen (secondary N) is 1. The largest absolute Gasteiger partial charge is 0.481 e. The number of fused-ring (bicyclic) bond motifs is 1. The van der Waals surface area contributed by atoms with Crippen LogP contribution in [0.4, 0.5) is 5.69 Å². The Labute approximate surface area is 109 Å². The lowest BCUT2D eigenvalue weighted by Crippen LogP contribution is -2.43. The molecule has 2 aromatic rings. The van der Waals surface area contributed by atoms with Crippen LogP contribution < -0.4 is 5.32 Å². The van der Waals surface area contributed by atoms with Crippen LogP contribution in [0.3, 0.4) is 0 Å². The molecule has 0 bridgehead atoms. The summed E-state index contributed by atoms with van der Waals surface area (Å²) in [5.41, 5.74) is 0.520. The van der Waals surface area contributed by atoms with Gasteiger partial charge in [0.1, 0.15) is 0 Å². The molecule has 1 fully saturated rings. The highest BCUT2D eigenvalue weighted by Crippen LogP contribution is 2.42. The van der Waals surface area contributed by atoms with Gasteiger partial charge in [0.2, 0.25) is 0 Å². The van der Waals surface area contributed by atoms with Crippen molar-refractivity contribution >= 4 is 33.1 Å². The SMILES string of the molecule is O=C(O)C1(CNc2csc3ccccc23)CCC1. The normalized spacial score (nSPS) is 17.3. The number of carboxylic acids is 1. The summed E-state index contributed by atoms with van der Waals surface area (Å²) in [4.78, 5) is 11.3. The summed E-state index contributed by atoms with van der Waals surface area (Å²) in [6.07, 6.45) is 2.60. The second kappa shape index (κ2) is 4.28. The van der Waals surface area contributed by atoms with Gasteiger partial charge in [-0.3, -0.25) is 4.79 Å². The molecule has 1 aliphatic rings. The summed E-state index contributed by atoms with van der Waals surface area (Å²) in [6.45, 7) is 0.531. The number of hydrogen-bond donors (Lipinski definition) is 2. The van der Waals surface area contributed by atoms with Crippen molar-refractivity contribution in [3.8, 4) is 0 Å². The fraction of sp³-hybridized carbons (Fsp3) is 0.357. The Morgan fingerprint density at radius 2 is 2.17 bits per heavy atom. The summed E-state index contributed by atoms with van der Waals surface area (Å²) in [5.74, 6) is -0.666. The quantitative estimate of drug-likeness (QED) is 0.884. The first-order chi connectivity index (χ1) is 8.71. The molecule has 0 saturated heterocycles. The predicted molar refractivity (Wildman–Crippen MR) is 74.2 cm³/mol. The third kappa shape index (κ3) is 1.77. The molecule has 3 rings (SSSR count). The van der Waals surface area contributed by atoms with E-state index in [0.717, 1.165) is 24.9 Å². The summed E-state index contributed by atoms with van der Waals surface area (Å²) in [5, 5.41) is 15.9. The molecule has 0 unspecified atom stereocenters. The van der Waals surface area contributed by atoms with E-state index in [4.69, 9.17) is 0 Å². The van der Waals surface area contributed by atoms with Crippen LogP contribution in [0.2, 0.25) is 0 Å². The summed E-state index contributed by atoms with van der Waals surface area (Å²) >= 11 is 1.69. The molecular weight excluding hydrogens is 246 g/mol. The summed E-state index contributed by atoms with van der Waals surface area (Å²) in [7, 11) is 0. The van der Waals surface area contributed by atoms with E-state index in [0.29, 0.717) is 6.54 Å². The third-order valence-corrected chi connectivity index (χ3v) is 4.83. The fourth-order valence-corrected chi connectivity index (χ4v) is 3.37. The third-order valence-electron chi connectivity index (χ3n) is 3.86. The van der Waals surface area contributed by atoms with Gasteiger partial charge in [-0.25, -0.2) is 0 Å². The summed E-state index contributed by atoms with van der Waals surface area (Å²) in [6, 6.07) is 8.19. The number of thiophene rings is 1. The van der Waals surface area contributed by atoms with E-state index < -0.39 is 11.4 Å². The van der Waals surface area contributed by atoms with E-state index in [2.05, 4.69) is 22.8 Å². The molecule has 0 aliphatic heterocycles. The van der Waals surface area contributed by atoms with Gasteiger partial charge in [-0.05, 0) is 18.9 Å². The van der Waals surface area contributed by atoms with Gasteiger partial charge >= 0.3 is 5.97 Å². The number of carbonyl (C=O) groups is 1. The van der Waals surface area contributed by atoms with Crippen LogP contribution >= 0.6 is 11.3 Å². The van der Waals surface area contributed by atoms with Gasteiger partial charge in [-0.1, -0.05) is 24.6 Å². The molecule has 4 heteroatoms. The van der Waals surface area contributed by atoms with Crippen LogP contribution in [0.5, 0.6) is 0 Å². The van der Waals surface area contributed by atoms with Gasteiger partial charge in [0, 0.05) is 22.0 Å². The van der Waals surface area contributed by atoms with Crippen LogP contribution in [0.1, 0.15) is 19.3 Å². The molecule has 3 nitrogen and oxygen atoms in total. The molecule has 1 saturated carbocycles. The Bertz CT molecular complexity index is 586. The van der Waals surface area contributed by atoms with Crippen molar-refractivity contribution in [2.75, 3.05) is 11.9 Å². The van der Waals surface area contributed by atoms with E-state index in [-0.39, 0.29) is 0 Å². The number of aliphatic carboxylic acids is 1.